The highest BCUT2D eigenvalue weighted by Gasteiger charge is 2.38. The Morgan fingerprint density at radius 3 is 2.00 bits per heavy atom. The molecule has 0 heterocycles. The van der Waals surface area contributed by atoms with Crippen LogP contribution in [0.15, 0.2) is 48.5 Å². The molecule has 21 heteroatoms. The van der Waals surface area contributed by atoms with Gasteiger partial charge >= 0.3 is 30.4 Å². The van der Waals surface area contributed by atoms with Crippen LogP contribution >= 0.6 is 0 Å². The Labute approximate surface area is 275 Å². The number of carbonyl (C=O) groups is 6. The fourth-order valence-corrected chi connectivity index (χ4v) is 3.48. The molecule has 0 saturated carbocycles. The second-order valence-corrected chi connectivity index (χ2v) is 9.98. The molecule has 0 aliphatic rings. The van der Waals surface area contributed by atoms with E-state index < -0.39 is 65.2 Å². The molecule has 0 saturated heterocycles. The van der Waals surface area contributed by atoms with Crippen molar-refractivity contribution in [3.05, 3.63) is 64.2 Å². The highest BCUT2D eigenvalue weighted by Crippen LogP contribution is 2.18. The molecule has 0 spiro atoms. The van der Waals surface area contributed by atoms with Crippen LogP contribution in [-0.2, 0) is 30.5 Å². The van der Waals surface area contributed by atoms with Gasteiger partial charge in [0.2, 0.25) is 5.91 Å². The maximum atomic E-state index is 13.0. The Balaban J connectivity index is 0.00000154. The van der Waals surface area contributed by atoms with Crippen LogP contribution in [0.25, 0.3) is 0 Å². The predicted octanol–water partition coefficient (Wildman–Crippen LogP) is 2.94. The molecule has 49 heavy (non-hydrogen) atoms. The van der Waals surface area contributed by atoms with Crippen molar-refractivity contribution in [1.29, 1.82) is 0 Å². The zero-order chi connectivity index (χ0) is 37.3. The molecule has 0 aliphatic carbocycles. The normalized spacial score (nSPS) is 11.8. The summed E-state index contributed by atoms with van der Waals surface area (Å²) in [5.74, 6) is -4.43. The number of urea groups is 1. The number of rotatable bonds is 14. The minimum Gasteiger partial charge on any atom is -0.475 e. The molecule has 8 N–H and O–H groups in total. The summed E-state index contributed by atoms with van der Waals surface area (Å²) in [4.78, 5) is 78.9. The number of carboxylic acid groups (broad SMARTS) is 1. The summed E-state index contributed by atoms with van der Waals surface area (Å²) in [6.45, 7) is 3.27. The van der Waals surface area contributed by atoms with Gasteiger partial charge in [0.05, 0.1) is 4.92 Å². The van der Waals surface area contributed by atoms with Crippen LogP contribution in [0.5, 0.6) is 5.75 Å². The van der Waals surface area contributed by atoms with E-state index in [2.05, 4.69) is 16.0 Å². The van der Waals surface area contributed by atoms with E-state index in [1.54, 1.807) is 38.1 Å². The number of nitro benzene ring substituents is 1. The second kappa shape index (κ2) is 19.5. The zero-order valence-electron chi connectivity index (χ0n) is 25.9. The van der Waals surface area contributed by atoms with E-state index in [0.29, 0.717) is 11.3 Å². The summed E-state index contributed by atoms with van der Waals surface area (Å²) in [6, 6.07) is 9.31. The Bertz CT molecular complexity index is 1470. The van der Waals surface area contributed by atoms with E-state index in [4.69, 9.17) is 35.6 Å². The van der Waals surface area contributed by atoms with Crippen molar-refractivity contribution in [2.75, 3.05) is 11.9 Å². The van der Waals surface area contributed by atoms with Crippen molar-refractivity contribution in [2.45, 2.75) is 51.6 Å². The van der Waals surface area contributed by atoms with E-state index in [1.165, 1.54) is 24.3 Å². The molecule has 0 aromatic heterocycles. The minimum atomic E-state index is -5.08. The van der Waals surface area contributed by atoms with E-state index >= 15 is 0 Å². The SMILES string of the molecule is CC(C)C(OC(N)=O)C(=O)NC(CCCNC(N)=O)C(=O)Nc1ccc(COC(=O)Oc2ccc([N+](=O)[O-])cc2)cc1.O=C(O)C(F)(F)F. The molecule has 18 nitrogen and oxygen atoms in total. The minimum absolute atomic E-state index is 0.0663. The van der Waals surface area contributed by atoms with Gasteiger partial charge in [0.15, 0.2) is 6.10 Å². The van der Waals surface area contributed by atoms with Gasteiger partial charge in [-0.05, 0) is 48.6 Å². The monoisotopic (exact) mass is 702 g/mol. The summed E-state index contributed by atoms with van der Waals surface area (Å²) in [7, 11) is 0. The van der Waals surface area contributed by atoms with Crippen molar-refractivity contribution in [3.8, 4) is 5.75 Å². The molecule has 268 valence electrons. The van der Waals surface area contributed by atoms with Gasteiger partial charge in [0, 0.05) is 24.4 Å². The first-order chi connectivity index (χ1) is 22.8. The highest BCUT2D eigenvalue weighted by atomic mass is 19.4. The number of ether oxygens (including phenoxy) is 3. The number of hydrogen-bond acceptors (Lipinski definition) is 11. The standard InChI is InChI=1S/C26H32N6O10.C2HF3O2/c1-15(2)21(42-25(28)36)23(34)31-20(4-3-13-29-24(27)35)22(33)30-17-7-5-16(6-8-17)14-40-26(37)41-19-11-9-18(10-12-19)32(38)39;3-2(4,5)1(6)7/h5-12,15,20-21H,3-4,13-14H2,1-2H3,(H2,28,36)(H,30,33)(H,31,34)(H3,27,29,35);(H,6,7). The van der Waals surface area contributed by atoms with Gasteiger partial charge in [-0.2, -0.15) is 13.2 Å². The Morgan fingerprint density at radius 1 is 0.959 bits per heavy atom. The number of alkyl halides is 3. The lowest BCUT2D eigenvalue weighted by atomic mass is 10.0. The summed E-state index contributed by atoms with van der Waals surface area (Å²) in [5.41, 5.74) is 10.9. The molecule has 2 aromatic carbocycles. The number of nitrogens with two attached hydrogens (primary N) is 2. The number of carboxylic acids is 1. The predicted molar refractivity (Wildman–Crippen MR) is 161 cm³/mol. The average Bonchev–Trinajstić information content (AvgIpc) is 3.00. The van der Waals surface area contributed by atoms with Gasteiger partial charge in [0.25, 0.3) is 11.6 Å². The van der Waals surface area contributed by atoms with Gasteiger partial charge < -0.3 is 46.7 Å². The lowest BCUT2D eigenvalue weighted by Gasteiger charge is -2.24. The summed E-state index contributed by atoms with van der Waals surface area (Å²) in [6.07, 6.45) is -8.07. The van der Waals surface area contributed by atoms with Crippen molar-refractivity contribution in [3.63, 3.8) is 0 Å². The average molecular weight is 703 g/mol. The van der Waals surface area contributed by atoms with Crippen LogP contribution in [-0.4, -0.2) is 71.0 Å². The number of aliphatic carboxylic acids is 1. The quantitative estimate of drug-likeness (QED) is 0.0545. The lowest BCUT2D eigenvalue weighted by Crippen LogP contribution is -2.50. The van der Waals surface area contributed by atoms with Crippen molar-refractivity contribution < 1.29 is 66.2 Å². The Kier molecular flexibility index (Phi) is 16.3. The van der Waals surface area contributed by atoms with Crippen LogP contribution < -0.4 is 32.2 Å². The molecule has 2 atom stereocenters. The number of halogens is 3. The molecule has 2 unspecified atom stereocenters. The maximum absolute atomic E-state index is 13.0. The largest absolute Gasteiger partial charge is 0.514 e. The number of hydrogen-bond donors (Lipinski definition) is 6. The number of nitrogens with zero attached hydrogens (tertiary/aromatic N) is 1. The van der Waals surface area contributed by atoms with Gasteiger partial charge in [-0.3, -0.25) is 19.7 Å². The Hall–Kier alpha value is -6.15. The third kappa shape index (κ3) is 16.3. The molecule has 5 amide bonds. The number of amides is 5. The van der Waals surface area contributed by atoms with Crippen molar-refractivity contribution in [2.24, 2.45) is 17.4 Å². The summed E-state index contributed by atoms with van der Waals surface area (Å²) >= 11 is 0. The molecule has 0 bridgehead atoms. The first-order valence-electron chi connectivity index (χ1n) is 13.9. The van der Waals surface area contributed by atoms with Crippen LogP contribution in [0, 0.1) is 16.0 Å². The number of nitro groups is 1. The molecular weight excluding hydrogens is 669 g/mol. The molecule has 0 aliphatic heterocycles. The first-order valence-corrected chi connectivity index (χ1v) is 13.9. The van der Waals surface area contributed by atoms with Crippen LogP contribution in [0.1, 0.15) is 32.3 Å². The van der Waals surface area contributed by atoms with Crippen LogP contribution in [0.3, 0.4) is 0 Å². The number of anilines is 1. The Morgan fingerprint density at radius 2 is 1.53 bits per heavy atom. The van der Waals surface area contributed by atoms with Gasteiger partial charge in [-0.1, -0.05) is 26.0 Å². The van der Waals surface area contributed by atoms with Crippen LogP contribution in [0.2, 0.25) is 0 Å². The molecule has 2 aromatic rings. The number of benzene rings is 2. The fourth-order valence-electron chi connectivity index (χ4n) is 3.48. The molecular formula is C28H33F3N6O12. The number of non-ortho nitro benzene ring substituents is 1. The van der Waals surface area contributed by atoms with Crippen molar-refractivity contribution in [1.82, 2.24) is 10.6 Å². The molecule has 0 fully saturated rings. The number of carbonyl (C=O) groups excluding carboxylic acids is 5. The smallest absolute Gasteiger partial charge is 0.475 e. The molecule has 0 radical (unpaired) electrons. The first kappa shape index (κ1) is 40.9. The molecule has 2 rings (SSSR count). The third-order valence-corrected chi connectivity index (χ3v) is 5.78. The van der Waals surface area contributed by atoms with E-state index in [0.717, 1.165) is 0 Å². The number of primary amides is 2. The second-order valence-electron chi connectivity index (χ2n) is 9.98. The van der Waals surface area contributed by atoms with Crippen molar-refractivity contribution >= 4 is 47.4 Å². The van der Waals surface area contributed by atoms with E-state index in [-0.39, 0.29) is 37.4 Å². The number of nitrogens with one attached hydrogen (secondary N) is 3. The maximum Gasteiger partial charge on any atom is 0.514 e. The van der Waals surface area contributed by atoms with Gasteiger partial charge in [0.1, 0.15) is 18.4 Å². The summed E-state index contributed by atoms with van der Waals surface area (Å²) in [5, 5.41) is 25.4. The van der Waals surface area contributed by atoms with E-state index in [1.807, 2.05) is 0 Å². The van der Waals surface area contributed by atoms with Gasteiger partial charge in [-0.15, -0.1) is 0 Å². The van der Waals surface area contributed by atoms with Gasteiger partial charge in [-0.25, -0.2) is 19.2 Å². The zero-order valence-corrected chi connectivity index (χ0v) is 25.9. The fraction of sp³-hybridized carbons (Fsp3) is 0.357. The third-order valence-electron chi connectivity index (χ3n) is 5.78. The lowest BCUT2D eigenvalue weighted by molar-refractivity contribution is -0.384. The van der Waals surface area contributed by atoms with E-state index in [9.17, 15) is 47.3 Å². The highest BCUT2D eigenvalue weighted by molar-refractivity contribution is 5.98. The topological polar surface area (TPSA) is 282 Å². The summed E-state index contributed by atoms with van der Waals surface area (Å²) < 4.78 is 46.6. The van der Waals surface area contributed by atoms with Crippen LogP contribution in [0.4, 0.5) is 38.9 Å².